The molecule has 0 aromatic heterocycles. The molecule has 0 aliphatic heterocycles. The van der Waals surface area contributed by atoms with Crippen molar-refractivity contribution in [1.82, 2.24) is 5.32 Å². The van der Waals surface area contributed by atoms with Crippen LogP contribution in [0.3, 0.4) is 0 Å². The fourth-order valence-electron chi connectivity index (χ4n) is 1.42. The zero-order valence-electron chi connectivity index (χ0n) is 8.77. The molecule has 0 saturated carbocycles. The number of benzene rings is 1. The Morgan fingerprint density at radius 3 is 2.81 bits per heavy atom. The highest BCUT2D eigenvalue weighted by Crippen LogP contribution is 2.25. The summed E-state index contributed by atoms with van der Waals surface area (Å²) in [5, 5.41) is 2.68. The van der Waals surface area contributed by atoms with Crippen LogP contribution in [-0.2, 0) is 4.79 Å². The molecule has 88 valence electrons. The lowest BCUT2D eigenvalue weighted by molar-refractivity contribution is -0.119. The number of amides is 1. The van der Waals surface area contributed by atoms with Crippen LogP contribution < -0.4 is 5.32 Å². The number of alkyl halides is 1. The van der Waals surface area contributed by atoms with Gasteiger partial charge in [-0.05, 0) is 12.5 Å². The first-order valence-electron chi connectivity index (χ1n) is 4.89. The van der Waals surface area contributed by atoms with E-state index in [4.69, 9.17) is 23.2 Å². The Labute approximate surface area is 104 Å². The molecule has 1 aromatic carbocycles. The zero-order chi connectivity index (χ0) is 12.1. The van der Waals surface area contributed by atoms with E-state index in [0.717, 1.165) is 0 Å². The molecule has 0 radical (unpaired) electrons. The summed E-state index contributed by atoms with van der Waals surface area (Å²) in [7, 11) is 0. The van der Waals surface area contributed by atoms with Gasteiger partial charge < -0.3 is 5.32 Å². The molecule has 16 heavy (non-hydrogen) atoms. The highest BCUT2D eigenvalue weighted by Gasteiger charge is 2.17. The maximum Gasteiger partial charge on any atom is 0.235 e. The van der Waals surface area contributed by atoms with E-state index in [0.29, 0.717) is 12.0 Å². The fourth-order valence-corrected chi connectivity index (χ4v) is 1.68. The normalized spacial score (nSPS) is 12.2. The largest absolute Gasteiger partial charge is 0.348 e. The third-order valence-electron chi connectivity index (χ3n) is 2.22. The summed E-state index contributed by atoms with van der Waals surface area (Å²) in [4.78, 5) is 11.2. The average molecular weight is 264 g/mol. The number of hydrogen-bond acceptors (Lipinski definition) is 1. The van der Waals surface area contributed by atoms with E-state index in [2.05, 4.69) is 5.32 Å². The molecule has 0 fully saturated rings. The molecule has 5 heteroatoms. The topological polar surface area (TPSA) is 29.1 Å². The number of carbonyl (C=O) groups is 1. The highest BCUT2D eigenvalue weighted by molar-refractivity contribution is 6.30. The van der Waals surface area contributed by atoms with Gasteiger partial charge >= 0.3 is 0 Å². The lowest BCUT2D eigenvalue weighted by Crippen LogP contribution is -2.29. The Kier molecular flexibility index (Phi) is 5.03. The predicted octanol–water partition coefficient (Wildman–Crippen LogP) is 3.29. The number of halogens is 3. The molecule has 1 aromatic rings. The van der Waals surface area contributed by atoms with Gasteiger partial charge in [0.15, 0.2) is 0 Å². The van der Waals surface area contributed by atoms with Crippen molar-refractivity contribution in [2.45, 2.75) is 19.4 Å². The lowest BCUT2D eigenvalue weighted by atomic mass is 10.0. The van der Waals surface area contributed by atoms with Gasteiger partial charge in [0, 0.05) is 5.56 Å². The van der Waals surface area contributed by atoms with Gasteiger partial charge in [0.1, 0.15) is 11.7 Å². The Morgan fingerprint density at radius 2 is 2.25 bits per heavy atom. The van der Waals surface area contributed by atoms with Crippen molar-refractivity contribution in [3.8, 4) is 0 Å². The SMILES string of the molecule is CC[C@H](NC(=O)CCl)c1cccc(Cl)c1F. The van der Waals surface area contributed by atoms with Gasteiger partial charge in [-0.25, -0.2) is 4.39 Å². The molecule has 1 atom stereocenters. The molecule has 0 aliphatic rings. The van der Waals surface area contributed by atoms with E-state index in [1.807, 2.05) is 6.92 Å². The number of nitrogens with one attached hydrogen (secondary N) is 1. The molecular weight excluding hydrogens is 252 g/mol. The van der Waals surface area contributed by atoms with Crippen LogP contribution >= 0.6 is 23.2 Å². The maximum absolute atomic E-state index is 13.7. The summed E-state index contributed by atoms with van der Waals surface area (Å²) in [6, 6.07) is 4.32. The van der Waals surface area contributed by atoms with Crippen LogP contribution in [0.1, 0.15) is 24.9 Å². The van der Waals surface area contributed by atoms with Crippen molar-refractivity contribution >= 4 is 29.1 Å². The van der Waals surface area contributed by atoms with Gasteiger partial charge in [-0.2, -0.15) is 0 Å². The van der Waals surface area contributed by atoms with E-state index < -0.39 is 11.9 Å². The maximum atomic E-state index is 13.7. The van der Waals surface area contributed by atoms with Crippen LogP contribution in [0, 0.1) is 5.82 Å². The third kappa shape index (κ3) is 3.09. The lowest BCUT2D eigenvalue weighted by Gasteiger charge is -2.17. The summed E-state index contributed by atoms with van der Waals surface area (Å²) in [5.74, 6) is -0.961. The van der Waals surface area contributed by atoms with E-state index in [1.165, 1.54) is 6.07 Å². The highest BCUT2D eigenvalue weighted by atomic mass is 35.5. The summed E-state index contributed by atoms with van der Waals surface area (Å²) in [5.41, 5.74) is 0.383. The number of carbonyl (C=O) groups excluding carboxylic acids is 1. The minimum absolute atomic E-state index is 0.0519. The van der Waals surface area contributed by atoms with Gasteiger partial charge in [-0.3, -0.25) is 4.79 Å². The number of rotatable bonds is 4. The van der Waals surface area contributed by atoms with E-state index in [9.17, 15) is 9.18 Å². The second-order valence-corrected chi connectivity index (χ2v) is 3.98. The molecule has 0 heterocycles. The van der Waals surface area contributed by atoms with Crippen molar-refractivity contribution in [2.75, 3.05) is 5.88 Å². The molecule has 1 amide bonds. The molecule has 1 N–H and O–H groups in total. The minimum Gasteiger partial charge on any atom is -0.348 e. The quantitative estimate of drug-likeness (QED) is 0.831. The van der Waals surface area contributed by atoms with Gasteiger partial charge in [0.05, 0.1) is 11.1 Å². The summed E-state index contributed by atoms with van der Waals surface area (Å²) < 4.78 is 13.7. The fraction of sp³-hybridized carbons (Fsp3) is 0.364. The Morgan fingerprint density at radius 1 is 1.56 bits per heavy atom. The predicted molar refractivity (Wildman–Crippen MR) is 63.3 cm³/mol. The van der Waals surface area contributed by atoms with Crippen LogP contribution in [0.2, 0.25) is 5.02 Å². The molecule has 0 saturated heterocycles. The molecule has 1 rings (SSSR count). The van der Waals surface area contributed by atoms with Crippen molar-refractivity contribution in [2.24, 2.45) is 0 Å². The molecule has 2 nitrogen and oxygen atoms in total. The average Bonchev–Trinajstić information content (AvgIpc) is 2.29. The van der Waals surface area contributed by atoms with Crippen molar-refractivity contribution in [1.29, 1.82) is 0 Å². The van der Waals surface area contributed by atoms with Gasteiger partial charge in [-0.1, -0.05) is 30.7 Å². The molecule has 0 spiro atoms. The second kappa shape index (κ2) is 6.06. The summed E-state index contributed by atoms with van der Waals surface area (Å²) in [6.45, 7) is 1.85. The van der Waals surface area contributed by atoms with Gasteiger partial charge in [0.25, 0.3) is 0 Å². The molecule has 0 aliphatic carbocycles. The van der Waals surface area contributed by atoms with Crippen LogP contribution in [0.15, 0.2) is 18.2 Å². The zero-order valence-corrected chi connectivity index (χ0v) is 10.3. The molecule has 0 bridgehead atoms. The van der Waals surface area contributed by atoms with Crippen molar-refractivity contribution < 1.29 is 9.18 Å². The summed E-state index contributed by atoms with van der Waals surface area (Å²) in [6.07, 6.45) is 0.569. The monoisotopic (exact) mass is 263 g/mol. The third-order valence-corrected chi connectivity index (χ3v) is 2.76. The Hall–Kier alpha value is -0.800. The standard InChI is InChI=1S/C11H12Cl2FNO/c1-2-9(15-10(16)6-12)7-4-3-5-8(13)11(7)14/h3-5,9H,2,6H2,1H3,(H,15,16)/t9-/m0/s1. The van der Waals surface area contributed by atoms with Crippen molar-refractivity contribution in [3.05, 3.63) is 34.6 Å². The van der Waals surface area contributed by atoms with Gasteiger partial charge in [0.2, 0.25) is 5.91 Å². The van der Waals surface area contributed by atoms with Crippen molar-refractivity contribution in [3.63, 3.8) is 0 Å². The van der Waals surface area contributed by atoms with E-state index >= 15 is 0 Å². The second-order valence-electron chi connectivity index (χ2n) is 3.31. The molecular formula is C11H12Cl2FNO. The Balaban J connectivity index is 2.95. The first-order valence-corrected chi connectivity index (χ1v) is 5.80. The first-order chi connectivity index (χ1) is 7.60. The van der Waals surface area contributed by atoms with Crippen LogP contribution in [0.5, 0.6) is 0 Å². The smallest absolute Gasteiger partial charge is 0.235 e. The van der Waals surface area contributed by atoms with E-state index in [1.54, 1.807) is 12.1 Å². The summed E-state index contributed by atoms with van der Waals surface area (Å²) >= 11 is 11.1. The Bertz CT molecular complexity index is 384. The van der Waals surface area contributed by atoms with Crippen LogP contribution in [0.4, 0.5) is 4.39 Å². The van der Waals surface area contributed by atoms with Gasteiger partial charge in [-0.15, -0.1) is 11.6 Å². The van der Waals surface area contributed by atoms with Crippen LogP contribution in [0.25, 0.3) is 0 Å². The van der Waals surface area contributed by atoms with Crippen LogP contribution in [-0.4, -0.2) is 11.8 Å². The van der Waals surface area contributed by atoms with E-state index in [-0.39, 0.29) is 16.8 Å². The minimum atomic E-state index is -0.495. The first kappa shape index (κ1) is 13.3. The molecule has 0 unspecified atom stereocenters. The number of hydrogen-bond donors (Lipinski definition) is 1.